The molecule has 1 heterocycles. The molecule has 31 heavy (non-hydrogen) atoms. The molecule has 0 aliphatic carbocycles. The molecule has 0 spiro atoms. The van der Waals surface area contributed by atoms with Gasteiger partial charge in [0.15, 0.2) is 0 Å². The van der Waals surface area contributed by atoms with E-state index in [2.05, 4.69) is 46.4 Å². The molecule has 7 heteroatoms. The lowest BCUT2D eigenvalue weighted by Gasteiger charge is -2.43. The van der Waals surface area contributed by atoms with E-state index in [9.17, 15) is 9.90 Å². The average Bonchev–Trinajstić information content (AvgIpc) is 2.80. The van der Waals surface area contributed by atoms with Crippen LogP contribution in [0.25, 0.3) is 0 Å². The Balaban J connectivity index is 1.42. The van der Waals surface area contributed by atoms with Gasteiger partial charge in [0, 0.05) is 50.5 Å². The van der Waals surface area contributed by atoms with E-state index in [0.29, 0.717) is 6.54 Å². The molecule has 2 aromatic rings. The number of hydrogen-bond donors (Lipinski definition) is 3. The van der Waals surface area contributed by atoms with Crippen LogP contribution < -0.4 is 15.4 Å². The number of carbonyl (C=O) groups is 1. The number of carbonyl (C=O) groups excluding carboxylic acids is 1. The molecule has 7 nitrogen and oxygen atoms in total. The van der Waals surface area contributed by atoms with E-state index in [1.54, 1.807) is 7.11 Å². The van der Waals surface area contributed by atoms with Gasteiger partial charge in [-0.15, -0.1) is 0 Å². The Morgan fingerprint density at radius 2 is 1.61 bits per heavy atom. The molecule has 1 aliphatic rings. The van der Waals surface area contributed by atoms with E-state index in [0.717, 1.165) is 49.7 Å². The first-order valence-electron chi connectivity index (χ1n) is 10.7. The molecule has 0 bridgehead atoms. The summed E-state index contributed by atoms with van der Waals surface area (Å²) < 4.78 is 5.14. The summed E-state index contributed by atoms with van der Waals surface area (Å²) in [5, 5.41) is 15.3. The number of piperazine rings is 1. The molecule has 2 amide bonds. The topological polar surface area (TPSA) is 77.1 Å². The largest absolute Gasteiger partial charge is 0.497 e. The Kier molecular flexibility index (Phi) is 7.90. The zero-order chi connectivity index (χ0) is 22.3. The number of amides is 2. The average molecular weight is 427 g/mol. The van der Waals surface area contributed by atoms with Crippen LogP contribution >= 0.6 is 0 Å². The Morgan fingerprint density at radius 3 is 2.19 bits per heavy atom. The predicted molar refractivity (Wildman–Crippen MR) is 123 cm³/mol. The van der Waals surface area contributed by atoms with Gasteiger partial charge in [0.05, 0.1) is 13.7 Å². The van der Waals surface area contributed by atoms with Crippen LogP contribution in [0, 0.1) is 0 Å². The summed E-state index contributed by atoms with van der Waals surface area (Å²) in [6.07, 6.45) is 0. The first-order chi connectivity index (χ1) is 14.9. The van der Waals surface area contributed by atoms with Crippen molar-refractivity contribution in [1.29, 1.82) is 0 Å². The van der Waals surface area contributed by atoms with Gasteiger partial charge in [0.1, 0.15) is 5.75 Å². The van der Waals surface area contributed by atoms with Gasteiger partial charge in [0.25, 0.3) is 0 Å². The van der Waals surface area contributed by atoms with E-state index < -0.39 is 0 Å². The Morgan fingerprint density at radius 1 is 1.00 bits per heavy atom. The minimum atomic E-state index is -0.230. The number of aliphatic hydroxyl groups excluding tert-OH is 1. The molecule has 1 aliphatic heterocycles. The number of ether oxygens (including phenoxy) is 1. The molecule has 2 aromatic carbocycles. The summed E-state index contributed by atoms with van der Waals surface area (Å²) in [6.45, 7) is 9.57. The van der Waals surface area contributed by atoms with Crippen molar-refractivity contribution in [3.63, 3.8) is 0 Å². The van der Waals surface area contributed by atoms with E-state index in [4.69, 9.17) is 4.74 Å². The van der Waals surface area contributed by atoms with Gasteiger partial charge >= 0.3 is 6.03 Å². The summed E-state index contributed by atoms with van der Waals surface area (Å²) in [5.74, 6) is 0.796. The van der Waals surface area contributed by atoms with Crippen LogP contribution in [0.1, 0.15) is 25.0 Å². The maximum absolute atomic E-state index is 12.2. The van der Waals surface area contributed by atoms with Crippen molar-refractivity contribution in [1.82, 2.24) is 15.1 Å². The van der Waals surface area contributed by atoms with Crippen molar-refractivity contribution in [3.8, 4) is 5.75 Å². The lowest BCUT2D eigenvalue weighted by molar-refractivity contribution is 0.0148. The highest BCUT2D eigenvalue weighted by molar-refractivity contribution is 5.89. The fraction of sp³-hybridized carbons (Fsp3) is 0.458. The predicted octanol–water partition coefficient (Wildman–Crippen LogP) is 2.91. The maximum atomic E-state index is 12.2. The molecular weight excluding hydrogens is 392 g/mol. The smallest absolute Gasteiger partial charge is 0.319 e. The second kappa shape index (κ2) is 10.6. The number of nitrogens with one attached hydrogen (secondary N) is 2. The maximum Gasteiger partial charge on any atom is 0.319 e. The SMILES string of the molecule is COc1ccc(CNC(=O)Nc2ccc(CN3CCN(C(C)(C)CO)CC3)cc2)cc1. The van der Waals surface area contributed by atoms with Crippen LogP contribution in [-0.4, -0.2) is 66.4 Å². The molecule has 1 fully saturated rings. The summed E-state index contributed by atoms with van der Waals surface area (Å²) in [4.78, 5) is 16.9. The lowest BCUT2D eigenvalue weighted by Crippen LogP contribution is -2.55. The van der Waals surface area contributed by atoms with Crippen LogP contribution in [0.3, 0.4) is 0 Å². The molecule has 0 atom stereocenters. The molecule has 3 rings (SSSR count). The number of anilines is 1. The minimum Gasteiger partial charge on any atom is -0.497 e. The highest BCUT2D eigenvalue weighted by atomic mass is 16.5. The third-order valence-corrected chi connectivity index (χ3v) is 5.85. The number of benzene rings is 2. The molecule has 1 saturated heterocycles. The molecule has 3 N–H and O–H groups in total. The zero-order valence-electron chi connectivity index (χ0n) is 18.7. The van der Waals surface area contributed by atoms with Gasteiger partial charge < -0.3 is 20.5 Å². The Hall–Kier alpha value is -2.61. The summed E-state index contributed by atoms with van der Waals surface area (Å²) in [5.41, 5.74) is 2.84. The molecular formula is C24H34N4O3. The number of nitrogens with zero attached hydrogens (tertiary/aromatic N) is 2. The number of methoxy groups -OCH3 is 1. The van der Waals surface area contributed by atoms with Crippen LogP contribution in [0.5, 0.6) is 5.75 Å². The monoisotopic (exact) mass is 426 g/mol. The van der Waals surface area contributed by atoms with Crippen molar-refractivity contribution >= 4 is 11.7 Å². The molecule has 0 aromatic heterocycles. The minimum absolute atomic E-state index is 0.159. The Bertz CT molecular complexity index is 829. The van der Waals surface area contributed by atoms with E-state index in [-0.39, 0.29) is 18.2 Å². The zero-order valence-corrected chi connectivity index (χ0v) is 18.7. The fourth-order valence-electron chi connectivity index (χ4n) is 3.66. The van der Waals surface area contributed by atoms with Gasteiger partial charge in [-0.25, -0.2) is 4.79 Å². The summed E-state index contributed by atoms with van der Waals surface area (Å²) in [6, 6.07) is 15.4. The fourth-order valence-corrected chi connectivity index (χ4v) is 3.66. The van der Waals surface area contributed by atoms with Crippen LogP contribution in [0.4, 0.5) is 10.5 Å². The van der Waals surface area contributed by atoms with Gasteiger partial charge in [-0.05, 0) is 49.2 Å². The number of rotatable bonds is 8. The van der Waals surface area contributed by atoms with Gasteiger partial charge in [-0.1, -0.05) is 24.3 Å². The summed E-state index contributed by atoms with van der Waals surface area (Å²) >= 11 is 0. The van der Waals surface area contributed by atoms with Crippen molar-refractivity contribution < 1.29 is 14.6 Å². The first-order valence-corrected chi connectivity index (χ1v) is 10.7. The van der Waals surface area contributed by atoms with Crippen molar-refractivity contribution in [2.45, 2.75) is 32.5 Å². The lowest BCUT2D eigenvalue weighted by atomic mass is 10.0. The highest BCUT2D eigenvalue weighted by Crippen LogP contribution is 2.18. The molecule has 0 radical (unpaired) electrons. The normalized spacial score (nSPS) is 15.5. The second-order valence-electron chi connectivity index (χ2n) is 8.59. The van der Waals surface area contributed by atoms with E-state index in [1.807, 2.05) is 36.4 Å². The van der Waals surface area contributed by atoms with Crippen LogP contribution in [0.2, 0.25) is 0 Å². The van der Waals surface area contributed by atoms with Crippen LogP contribution in [0.15, 0.2) is 48.5 Å². The van der Waals surface area contributed by atoms with Gasteiger partial charge in [-0.2, -0.15) is 0 Å². The Labute approximate surface area is 185 Å². The third-order valence-electron chi connectivity index (χ3n) is 5.85. The quantitative estimate of drug-likeness (QED) is 0.605. The van der Waals surface area contributed by atoms with E-state index >= 15 is 0 Å². The molecule has 0 saturated carbocycles. The van der Waals surface area contributed by atoms with Crippen LogP contribution in [-0.2, 0) is 13.1 Å². The molecule has 168 valence electrons. The van der Waals surface area contributed by atoms with E-state index in [1.165, 1.54) is 5.56 Å². The number of hydrogen-bond acceptors (Lipinski definition) is 5. The van der Waals surface area contributed by atoms with Crippen molar-refractivity contribution in [2.75, 3.05) is 45.2 Å². The summed E-state index contributed by atoms with van der Waals surface area (Å²) in [7, 11) is 1.63. The molecule has 0 unspecified atom stereocenters. The number of aliphatic hydroxyl groups is 1. The number of urea groups is 1. The second-order valence-corrected chi connectivity index (χ2v) is 8.59. The first kappa shape index (κ1) is 23.1. The standard InChI is InChI=1S/C24H34N4O3/c1-24(2,18-29)28-14-12-27(13-15-28)17-20-4-8-21(9-5-20)26-23(30)25-16-19-6-10-22(31-3)11-7-19/h4-11,29H,12-18H2,1-3H3,(H2,25,26,30). The van der Waals surface area contributed by atoms with Crippen molar-refractivity contribution in [3.05, 3.63) is 59.7 Å². The third kappa shape index (κ3) is 6.69. The highest BCUT2D eigenvalue weighted by Gasteiger charge is 2.29. The van der Waals surface area contributed by atoms with Gasteiger partial charge in [0.2, 0.25) is 0 Å². The van der Waals surface area contributed by atoms with Crippen molar-refractivity contribution in [2.24, 2.45) is 0 Å². The van der Waals surface area contributed by atoms with Gasteiger partial charge in [-0.3, -0.25) is 9.80 Å².